The smallest absolute Gasteiger partial charge is 0.255 e. The second-order valence-electron chi connectivity index (χ2n) is 6.73. The third-order valence-electron chi connectivity index (χ3n) is 4.93. The number of anilines is 1. The zero-order valence-electron chi connectivity index (χ0n) is 14.5. The Bertz CT molecular complexity index is 929. The van der Waals surface area contributed by atoms with Gasteiger partial charge >= 0.3 is 0 Å². The zero-order chi connectivity index (χ0) is 17.9. The molecule has 0 unspecified atom stereocenters. The molecule has 130 valence electrons. The summed E-state index contributed by atoms with van der Waals surface area (Å²) < 4.78 is 13.0. The second-order valence-corrected chi connectivity index (χ2v) is 6.73. The van der Waals surface area contributed by atoms with Crippen molar-refractivity contribution in [3.8, 4) is 11.1 Å². The van der Waals surface area contributed by atoms with E-state index in [2.05, 4.69) is 17.4 Å². The molecule has 1 aliphatic rings. The Labute approximate surface area is 152 Å². The Kier molecular flexibility index (Phi) is 4.53. The molecule has 0 heterocycles. The van der Waals surface area contributed by atoms with Gasteiger partial charge in [-0.1, -0.05) is 30.3 Å². The number of amides is 1. The van der Waals surface area contributed by atoms with Crippen LogP contribution in [0.15, 0.2) is 66.7 Å². The molecule has 0 fully saturated rings. The van der Waals surface area contributed by atoms with Crippen LogP contribution in [-0.4, -0.2) is 5.91 Å². The first-order valence-corrected chi connectivity index (χ1v) is 8.98. The van der Waals surface area contributed by atoms with E-state index in [0.717, 1.165) is 29.7 Å². The topological polar surface area (TPSA) is 29.1 Å². The quantitative estimate of drug-likeness (QED) is 0.655. The molecule has 1 aliphatic carbocycles. The molecule has 0 bridgehead atoms. The van der Waals surface area contributed by atoms with E-state index in [4.69, 9.17) is 0 Å². The van der Waals surface area contributed by atoms with Crippen molar-refractivity contribution in [2.24, 2.45) is 0 Å². The lowest BCUT2D eigenvalue weighted by atomic mass is 9.91. The number of nitrogens with one attached hydrogen (secondary N) is 1. The molecule has 1 N–H and O–H groups in total. The van der Waals surface area contributed by atoms with Crippen LogP contribution < -0.4 is 5.32 Å². The monoisotopic (exact) mass is 345 g/mol. The predicted octanol–water partition coefficient (Wildman–Crippen LogP) is 5.62. The van der Waals surface area contributed by atoms with Gasteiger partial charge in [0.15, 0.2) is 0 Å². The van der Waals surface area contributed by atoms with Gasteiger partial charge in [-0.25, -0.2) is 4.39 Å². The van der Waals surface area contributed by atoms with Crippen molar-refractivity contribution >= 4 is 11.6 Å². The molecule has 2 nitrogen and oxygen atoms in total. The number of carbonyl (C=O) groups is 1. The lowest BCUT2D eigenvalue weighted by molar-refractivity contribution is 0.102. The molecular weight excluding hydrogens is 325 g/mol. The van der Waals surface area contributed by atoms with Gasteiger partial charge in [-0.2, -0.15) is 0 Å². The molecule has 26 heavy (non-hydrogen) atoms. The molecule has 4 rings (SSSR count). The zero-order valence-corrected chi connectivity index (χ0v) is 14.5. The van der Waals surface area contributed by atoms with Crippen molar-refractivity contribution in [2.75, 3.05) is 5.32 Å². The second kappa shape index (κ2) is 7.12. The van der Waals surface area contributed by atoms with E-state index in [1.807, 2.05) is 18.2 Å². The average Bonchev–Trinajstić information content (AvgIpc) is 2.68. The molecule has 0 saturated heterocycles. The van der Waals surface area contributed by atoms with Gasteiger partial charge < -0.3 is 5.32 Å². The summed E-state index contributed by atoms with van der Waals surface area (Å²) in [5.74, 6) is -0.374. The van der Waals surface area contributed by atoms with Gasteiger partial charge in [0.1, 0.15) is 5.82 Å². The summed E-state index contributed by atoms with van der Waals surface area (Å²) in [4.78, 5) is 12.5. The van der Waals surface area contributed by atoms with Crippen LogP contribution in [0, 0.1) is 5.82 Å². The standard InChI is InChI=1S/C23H20FNO/c24-21-12-9-18(10-13-21)17-5-7-19(8-6-17)23(26)25-22-14-11-16-3-1-2-4-20(16)15-22/h5-15H,1-4H2,(H,25,26). The van der Waals surface area contributed by atoms with Gasteiger partial charge in [-0.15, -0.1) is 0 Å². The summed E-state index contributed by atoms with van der Waals surface area (Å²) in [6.07, 6.45) is 4.69. The van der Waals surface area contributed by atoms with Crippen LogP contribution in [0.4, 0.5) is 10.1 Å². The van der Waals surface area contributed by atoms with Crippen molar-refractivity contribution in [3.05, 3.63) is 89.2 Å². The summed E-state index contributed by atoms with van der Waals surface area (Å²) in [5.41, 5.74) is 6.08. The third-order valence-corrected chi connectivity index (χ3v) is 4.93. The maximum absolute atomic E-state index is 13.0. The van der Waals surface area contributed by atoms with Crippen molar-refractivity contribution < 1.29 is 9.18 Å². The summed E-state index contributed by atoms with van der Waals surface area (Å²) in [7, 11) is 0. The van der Waals surface area contributed by atoms with E-state index in [9.17, 15) is 9.18 Å². The molecule has 0 spiro atoms. The SMILES string of the molecule is O=C(Nc1ccc2c(c1)CCCC2)c1ccc(-c2ccc(F)cc2)cc1. The van der Waals surface area contributed by atoms with Crippen LogP contribution in [0.25, 0.3) is 11.1 Å². The number of hydrogen-bond donors (Lipinski definition) is 1. The highest BCUT2D eigenvalue weighted by Crippen LogP contribution is 2.25. The van der Waals surface area contributed by atoms with Gasteiger partial charge in [-0.3, -0.25) is 4.79 Å². The molecule has 0 saturated carbocycles. The number of fused-ring (bicyclic) bond motifs is 1. The molecule has 0 aromatic heterocycles. The normalized spacial score (nSPS) is 13.1. The van der Waals surface area contributed by atoms with E-state index >= 15 is 0 Å². The predicted molar refractivity (Wildman–Crippen MR) is 103 cm³/mol. The van der Waals surface area contributed by atoms with Crippen molar-refractivity contribution in [3.63, 3.8) is 0 Å². The van der Waals surface area contributed by atoms with Gasteiger partial charge in [-0.05, 0) is 84.3 Å². The lowest BCUT2D eigenvalue weighted by Gasteiger charge is -2.17. The van der Waals surface area contributed by atoms with Gasteiger partial charge in [0.2, 0.25) is 0 Å². The van der Waals surface area contributed by atoms with Gasteiger partial charge in [0, 0.05) is 11.3 Å². The summed E-state index contributed by atoms with van der Waals surface area (Å²) >= 11 is 0. The third kappa shape index (κ3) is 3.52. The van der Waals surface area contributed by atoms with E-state index in [-0.39, 0.29) is 11.7 Å². The number of carbonyl (C=O) groups excluding carboxylic acids is 1. The van der Waals surface area contributed by atoms with Gasteiger partial charge in [0.05, 0.1) is 0 Å². The molecule has 3 aromatic rings. The van der Waals surface area contributed by atoms with Gasteiger partial charge in [0.25, 0.3) is 5.91 Å². The van der Waals surface area contributed by atoms with Crippen LogP contribution in [0.3, 0.4) is 0 Å². The fourth-order valence-corrected chi connectivity index (χ4v) is 3.47. The van der Waals surface area contributed by atoms with Crippen LogP contribution in [0.5, 0.6) is 0 Å². The minimum Gasteiger partial charge on any atom is -0.322 e. The number of rotatable bonds is 3. The van der Waals surface area contributed by atoms with Crippen molar-refractivity contribution in [1.29, 1.82) is 0 Å². The minimum absolute atomic E-state index is 0.119. The minimum atomic E-state index is -0.255. The summed E-state index contributed by atoms with van der Waals surface area (Å²) in [6.45, 7) is 0. The molecular formula is C23H20FNO. The van der Waals surface area contributed by atoms with E-state index < -0.39 is 0 Å². The first kappa shape index (κ1) is 16.5. The summed E-state index contributed by atoms with van der Waals surface area (Å²) in [6, 6.07) is 19.9. The first-order chi connectivity index (χ1) is 12.7. The fourth-order valence-electron chi connectivity index (χ4n) is 3.47. The Morgan fingerprint density at radius 2 is 1.38 bits per heavy atom. The van der Waals surface area contributed by atoms with E-state index in [1.54, 1.807) is 24.3 Å². The number of benzene rings is 3. The molecule has 0 atom stereocenters. The van der Waals surface area contributed by atoms with Crippen LogP contribution in [-0.2, 0) is 12.8 Å². The molecule has 3 aromatic carbocycles. The van der Waals surface area contributed by atoms with Crippen LogP contribution in [0.2, 0.25) is 0 Å². The van der Waals surface area contributed by atoms with Crippen molar-refractivity contribution in [2.45, 2.75) is 25.7 Å². The molecule has 3 heteroatoms. The number of halogens is 1. The molecule has 0 aliphatic heterocycles. The Hall–Kier alpha value is -2.94. The van der Waals surface area contributed by atoms with Crippen LogP contribution in [0.1, 0.15) is 34.3 Å². The lowest BCUT2D eigenvalue weighted by Crippen LogP contribution is -2.12. The Morgan fingerprint density at radius 3 is 2.08 bits per heavy atom. The average molecular weight is 345 g/mol. The maximum Gasteiger partial charge on any atom is 0.255 e. The largest absolute Gasteiger partial charge is 0.322 e. The van der Waals surface area contributed by atoms with Crippen molar-refractivity contribution in [1.82, 2.24) is 0 Å². The van der Waals surface area contributed by atoms with Crippen LogP contribution >= 0.6 is 0 Å². The highest BCUT2D eigenvalue weighted by molar-refractivity contribution is 6.04. The first-order valence-electron chi connectivity index (χ1n) is 8.98. The molecule has 0 radical (unpaired) electrons. The number of aryl methyl sites for hydroxylation is 2. The highest BCUT2D eigenvalue weighted by atomic mass is 19.1. The highest BCUT2D eigenvalue weighted by Gasteiger charge is 2.11. The number of hydrogen-bond acceptors (Lipinski definition) is 1. The Balaban J connectivity index is 1.49. The Morgan fingerprint density at radius 1 is 0.769 bits per heavy atom. The maximum atomic E-state index is 13.0. The van der Waals surface area contributed by atoms with E-state index in [1.165, 1.54) is 36.1 Å². The fraction of sp³-hybridized carbons (Fsp3) is 0.174. The summed E-state index contributed by atoms with van der Waals surface area (Å²) in [5, 5.41) is 2.99. The molecule has 1 amide bonds. The van der Waals surface area contributed by atoms with E-state index in [0.29, 0.717) is 5.56 Å².